The first kappa shape index (κ1) is 12.4. The minimum absolute atomic E-state index is 0. The monoisotopic (exact) mass is 205 g/mol. The second kappa shape index (κ2) is 5.91. The van der Waals surface area contributed by atoms with Gasteiger partial charge in [-0.15, -0.1) is 12.4 Å². The molecule has 1 aromatic rings. The normalized spacial score (nSPS) is 11.9. The van der Waals surface area contributed by atoms with Gasteiger partial charge in [-0.3, -0.25) is 0 Å². The van der Waals surface area contributed by atoms with E-state index < -0.39 is 6.04 Å². The molecule has 2 nitrogen and oxygen atoms in total. The van der Waals surface area contributed by atoms with Gasteiger partial charge in [-0.25, -0.2) is 4.39 Å². The lowest BCUT2D eigenvalue weighted by molar-refractivity contribution is 0.275. The highest BCUT2D eigenvalue weighted by molar-refractivity contribution is 5.85. The van der Waals surface area contributed by atoms with E-state index in [1.54, 1.807) is 18.2 Å². The van der Waals surface area contributed by atoms with Crippen molar-refractivity contribution in [3.63, 3.8) is 0 Å². The summed E-state index contributed by atoms with van der Waals surface area (Å²) >= 11 is 0. The third-order valence-electron chi connectivity index (χ3n) is 1.74. The van der Waals surface area contributed by atoms with E-state index in [1.165, 1.54) is 6.07 Å². The zero-order valence-electron chi connectivity index (χ0n) is 7.11. The van der Waals surface area contributed by atoms with E-state index in [0.29, 0.717) is 12.0 Å². The minimum atomic E-state index is -0.406. The minimum Gasteiger partial charge on any atom is -0.396 e. The second-order valence-corrected chi connectivity index (χ2v) is 2.64. The highest BCUT2D eigenvalue weighted by Gasteiger charge is 2.08. The van der Waals surface area contributed by atoms with E-state index in [1.807, 2.05) is 0 Å². The number of halogens is 2. The Labute approximate surface area is 83.0 Å². The van der Waals surface area contributed by atoms with Crippen molar-refractivity contribution in [1.29, 1.82) is 0 Å². The molecule has 0 aliphatic rings. The van der Waals surface area contributed by atoms with E-state index in [2.05, 4.69) is 0 Å². The fraction of sp³-hybridized carbons (Fsp3) is 0.333. The smallest absolute Gasteiger partial charge is 0.127 e. The largest absolute Gasteiger partial charge is 0.396 e. The van der Waals surface area contributed by atoms with Gasteiger partial charge in [0.05, 0.1) is 0 Å². The lowest BCUT2D eigenvalue weighted by Crippen LogP contribution is -2.13. The number of benzene rings is 1. The molecule has 0 heterocycles. The molecule has 4 heteroatoms. The van der Waals surface area contributed by atoms with Crippen LogP contribution in [0, 0.1) is 5.82 Å². The average molecular weight is 206 g/mol. The van der Waals surface area contributed by atoms with E-state index in [9.17, 15) is 4.39 Å². The third-order valence-corrected chi connectivity index (χ3v) is 1.74. The van der Waals surface area contributed by atoms with Gasteiger partial charge in [0, 0.05) is 18.2 Å². The number of aliphatic hydroxyl groups is 1. The topological polar surface area (TPSA) is 46.2 Å². The molecule has 0 saturated carbocycles. The molecule has 0 unspecified atom stereocenters. The van der Waals surface area contributed by atoms with Crippen molar-refractivity contribution in [3.05, 3.63) is 35.6 Å². The first-order valence-electron chi connectivity index (χ1n) is 3.86. The Morgan fingerprint density at radius 1 is 1.38 bits per heavy atom. The Kier molecular flexibility index (Phi) is 5.62. The molecule has 0 aliphatic carbocycles. The van der Waals surface area contributed by atoms with Crippen molar-refractivity contribution >= 4 is 12.4 Å². The molecule has 0 aromatic heterocycles. The predicted molar refractivity (Wildman–Crippen MR) is 52.3 cm³/mol. The van der Waals surface area contributed by atoms with Crippen molar-refractivity contribution in [1.82, 2.24) is 0 Å². The van der Waals surface area contributed by atoms with Crippen LogP contribution in [-0.2, 0) is 0 Å². The van der Waals surface area contributed by atoms with Gasteiger partial charge in [0.2, 0.25) is 0 Å². The summed E-state index contributed by atoms with van der Waals surface area (Å²) in [5.41, 5.74) is 6.07. The summed E-state index contributed by atoms with van der Waals surface area (Å²) in [6.07, 6.45) is 0.390. The number of hydrogen-bond acceptors (Lipinski definition) is 2. The quantitative estimate of drug-likeness (QED) is 0.788. The number of nitrogens with two attached hydrogens (primary N) is 1. The molecule has 0 amide bonds. The van der Waals surface area contributed by atoms with Gasteiger partial charge in [-0.05, 0) is 12.5 Å². The van der Waals surface area contributed by atoms with Crippen molar-refractivity contribution < 1.29 is 9.50 Å². The molecule has 74 valence electrons. The van der Waals surface area contributed by atoms with Crippen LogP contribution in [0.15, 0.2) is 24.3 Å². The van der Waals surface area contributed by atoms with E-state index >= 15 is 0 Å². The van der Waals surface area contributed by atoms with Crippen LogP contribution in [0.1, 0.15) is 18.0 Å². The molecule has 0 bridgehead atoms. The van der Waals surface area contributed by atoms with Gasteiger partial charge in [-0.1, -0.05) is 18.2 Å². The first-order valence-corrected chi connectivity index (χ1v) is 3.86. The SMILES string of the molecule is Cl.N[C@@H](CCO)c1ccccc1F. The fourth-order valence-electron chi connectivity index (χ4n) is 1.07. The number of aliphatic hydroxyl groups excluding tert-OH is 1. The molecule has 1 atom stereocenters. The van der Waals surface area contributed by atoms with Crippen LogP contribution in [0.5, 0.6) is 0 Å². The molecule has 1 aromatic carbocycles. The molecule has 0 saturated heterocycles. The molecule has 0 radical (unpaired) electrons. The number of hydrogen-bond donors (Lipinski definition) is 2. The van der Waals surface area contributed by atoms with Crippen LogP contribution in [0.25, 0.3) is 0 Å². The summed E-state index contributed by atoms with van der Waals surface area (Å²) in [6, 6.07) is 5.94. The Balaban J connectivity index is 0.00000144. The standard InChI is InChI=1S/C9H12FNO.ClH/c10-8-4-2-1-3-7(8)9(11)5-6-12;/h1-4,9,12H,5-6,11H2;1H/t9-;/m0./s1. The Bertz CT molecular complexity index is 257. The first-order chi connectivity index (χ1) is 5.75. The predicted octanol–water partition coefficient (Wildman–Crippen LogP) is 1.63. The molecule has 0 spiro atoms. The van der Waals surface area contributed by atoms with Gasteiger partial charge in [0.1, 0.15) is 5.82 Å². The molecule has 0 aliphatic heterocycles. The highest BCUT2D eigenvalue weighted by atomic mass is 35.5. The van der Waals surface area contributed by atoms with Gasteiger partial charge < -0.3 is 10.8 Å². The number of rotatable bonds is 3. The van der Waals surface area contributed by atoms with Gasteiger partial charge >= 0.3 is 0 Å². The molecule has 3 N–H and O–H groups in total. The Morgan fingerprint density at radius 3 is 2.54 bits per heavy atom. The molecular formula is C9H13ClFNO. The van der Waals surface area contributed by atoms with E-state index in [4.69, 9.17) is 10.8 Å². The van der Waals surface area contributed by atoms with Crippen LogP contribution < -0.4 is 5.73 Å². The molecule has 1 rings (SSSR count). The fourth-order valence-corrected chi connectivity index (χ4v) is 1.07. The van der Waals surface area contributed by atoms with Crippen molar-refractivity contribution in [3.8, 4) is 0 Å². The third kappa shape index (κ3) is 3.30. The van der Waals surface area contributed by atoms with E-state index in [-0.39, 0.29) is 24.8 Å². The Morgan fingerprint density at radius 2 is 2.00 bits per heavy atom. The summed E-state index contributed by atoms with van der Waals surface area (Å²) in [6.45, 7) is -0.0184. The van der Waals surface area contributed by atoms with Crippen molar-refractivity contribution in [2.45, 2.75) is 12.5 Å². The second-order valence-electron chi connectivity index (χ2n) is 2.64. The molecular weight excluding hydrogens is 193 g/mol. The zero-order valence-corrected chi connectivity index (χ0v) is 7.93. The summed E-state index contributed by atoms with van der Waals surface area (Å²) in [7, 11) is 0. The molecule has 0 fully saturated rings. The van der Waals surface area contributed by atoms with Crippen LogP contribution >= 0.6 is 12.4 Å². The highest BCUT2D eigenvalue weighted by Crippen LogP contribution is 2.16. The van der Waals surface area contributed by atoms with Crippen LogP contribution in [-0.4, -0.2) is 11.7 Å². The van der Waals surface area contributed by atoms with Crippen molar-refractivity contribution in [2.75, 3.05) is 6.61 Å². The van der Waals surface area contributed by atoms with Gasteiger partial charge in [0.25, 0.3) is 0 Å². The maximum absolute atomic E-state index is 13.0. The van der Waals surface area contributed by atoms with Gasteiger partial charge in [-0.2, -0.15) is 0 Å². The van der Waals surface area contributed by atoms with Crippen LogP contribution in [0.4, 0.5) is 4.39 Å². The molecule has 13 heavy (non-hydrogen) atoms. The maximum atomic E-state index is 13.0. The summed E-state index contributed by atoms with van der Waals surface area (Å²) < 4.78 is 13.0. The lowest BCUT2D eigenvalue weighted by Gasteiger charge is -2.10. The average Bonchev–Trinajstić information content (AvgIpc) is 2.05. The van der Waals surface area contributed by atoms with E-state index in [0.717, 1.165) is 0 Å². The summed E-state index contributed by atoms with van der Waals surface area (Å²) in [5.74, 6) is -0.307. The van der Waals surface area contributed by atoms with Crippen LogP contribution in [0.2, 0.25) is 0 Å². The summed E-state index contributed by atoms with van der Waals surface area (Å²) in [4.78, 5) is 0. The van der Waals surface area contributed by atoms with Crippen molar-refractivity contribution in [2.24, 2.45) is 5.73 Å². The Hall–Kier alpha value is -0.640. The zero-order chi connectivity index (χ0) is 8.97. The summed E-state index contributed by atoms with van der Waals surface area (Å²) in [5, 5.41) is 8.59. The van der Waals surface area contributed by atoms with Gasteiger partial charge in [0.15, 0.2) is 0 Å². The lowest BCUT2D eigenvalue weighted by atomic mass is 10.0. The van der Waals surface area contributed by atoms with Crippen LogP contribution in [0.3, 0.4) is 0 Å². The maximum Gasteiger partial charge on any atom is 0.127 e.